The number of ketones is 1. The van der Waals surface area contributed by atoms with Gasteiger partial charge >= 0.3 is 0 Å². The van der Waals surface area contributed by atoms with Gasteiger partial charge in [-0.15, -0.1) is 0 Å². The van der Waals surface area contributed by atoms with E-state index in [-0.39, 0.29) is 46.8 Å². The molecule has 0 aromatic heterocycles. The van der Waals surface area contributed by atoms with Crippen LogP contribution in [0.2, 0.25) is 0 Å². The SMILES string of the molecule is C=C1C(=O)[C@@]23[C@@H]4OC(C)(C)O[C@@H]2C[C@@H]2C(C)(C)CCC[C@]25CO[C@H](C[C@@H]14)[C@@H]53. The third-order valence-electron chi connectivity index (χ3n) is 9.45. The fourth-order valence-corrected chi connectivity index (χ4v) is 8.77. The Morgan fingerprint density at radius 1 is 1.07 bits per heavy atom. The largest absolute Gasteiger partial charge is 0.377 e. The van der Waals surface area contributed by atoms with E-state index in [0.717, 1.165) is 25.0 Å². The first-order valence-corrected chi connectivity index (χ1v) is 10.8. The average Bonchev–Trinajstić information content (AvgIpc) is 3.00. The molecule has 27 heavy (non-hydrogen) atoms. The van der Waals surface area contributed by atoms with Crippen LogP contribution in [0.15, 0.2) is 12.2 Å². The van der Waals surface area contributed by atoms with Gasteiger partial charge in [0.25, 0.3) is 0 Å². The monoisotopic (exact) mass is 372 g/mol. The number of hydrogen-bond acceptors (Lipinski definition) is 4. The van der Waals surface area contributed by atoms with E-state index in [1.165, 1.54) is 19.3 Å². The van der Waals surface area contributed by atoms with Crippen LogP contribution in [0.1, 0.15) is 59.8 Å². The van der Waals surface area contributed by atoms with Crippen LogP contribution in [0.3, 0.4) is 0 Å². The second-order valence-corrected chi connectivity index (χ2v) is 11.4. The Kier molecular flexibility index (Phi) is 3.00. The maximum atomic E-state index is 13.8. The van der Waals surface area contributed by atoms with Crippen molar-refractivity contribution in [3.05, 3.63) is 12.2 Å². The molecule has 8 atom stereocenters. The van der Waals surface area contributed by atoms with Crippen LogP contribution in [0.5, 0.6) is 0 Å². The summed E-state index contributed by atoms with van der Waals surface area (Å²) < 4.78 is 19.6. The Bertz CT molecular complexity index is 753. The van der Waals surface area contributed by atoms with Gasteiger partial charge in [-0.1, -0.05) is 26.8 Å². The third-order valence-corrected chi connectivity index (χ3v) is 9.45. The summed E-state index contributed by atoms with van der Waals surface area (Å²) in [4.78, 5) is 13.8. The van der Waals surface area contributed by atoms with E-state index in [0.29, 0.717) is 5.92 Å². The molecule has 2 saturated heterocycles. The zero-order valence-corrected chi connectivity index (χ0v) is 17.0. The van der Waals surface area contributed by atoms with Crippen molar-refractivity contribution in [1.29, 1.82) is 0 Å². The van der Waals surface area contributed by atoms with Crippen LogP contribution in [0.25, 0.3) is 0 Å². The molecule has 2 spiro atoms. The summed E-state index contributed by atoms with van der Waals surface area (Å²) in [6.07, 6.45) is 5.49. The fraction of sp³-hybridized carbons (Fsp3) is 0.870. The lowest BCUT2D eigenvalue weighted by Gasteiger charge is -2.67. The quantitative estimate of drug-likeness (QED) is 0.605. The maximum absolute atomic E-state index is 13.8. The zero-order valence-electron chi connectivity index (χ0n) is 17.0. The summed E-state index contributed by atoms with van der Waals surface area (Å²) in [5.74, 6) is 0.437. The Morgan fingerprint density at radius 3 is 2.63 bits per heavy atom. The number of carbonyl (C=O) groups excluding carboxylic acids is 1. The highest BCUT2D eigenvalue weighted by atomic mass is 16.7. The van der Waals surface area contributed by atoms with E-state index < -0.39 is 11.2 Å². The second kappa shape index (κ2) is 4.71. The molecule has 6 rings (SSSR count). The van der Waals surface area contributed by atoms with E-state index in [4.69, 9.17) is 14.2 Å². The predicted molar refractivity (Wildman–Crippen MR) is 99.9 cm³/mol. The highest BCUT2D eigenvalue weighted by Crippen LogP contribution is 2.75. The van der Waals surface area contributed by atoms with Gasteiger partial charge in [-0.3, -0.25) is 4.79 Å². The van der Waals surface area contributed by atoms with Crippen molar-refractivity contribution in [2.75, 3.05) is 6.61 Å². The van der Waals surface area contributed by atoms with Crippen LogP contribution in [-0.2, 0) is 19.0 Å². The van der Waals surface area contributed by atoms with E-state index in [1.54, 1.807) is 0 Å². The lowest BCUT2D eigenvalue weighted by atomic mass is 9.39. The van der Waals surface area contributed by atoms with E-state index in [9.17, 15) is 4.79 Å². The molecule has 0 amide bonds. The molecule has 0 N–H and O–H groups in total. The van der Waals surface area contributed by atoms with Gasteiger partial charge in [0.2, 0.25) is 0 Å². The molecule has 0 radical (unpaired) electrons. The Morgan fingerprint density at radius 2 is 1.85 bits per heavy atom. The van der Waals surface area contributed by atoms with Crippen molar-refractivity contribution in [3.63, 3.8) is 0 Å². The van der Waals surface area contributed by atoms with E-state index in [1.807, 2.05) is 13.8 Å². The molecule has 4 saturated carbocycles. The van der Waals surface area contributed by atoms with Crippen molar-refractivity contribution >= 4 is 5.78 Å². The first kappa shape index (κ1) is 17.2. The molecule has 4 nitrogen and oxygen atoms in total. The van der Waals surface area contributed by atoms with Crippen molar-refractivity contribution in [2.24, 2.45) is 34.0 Å². The molecule has 0 unspecified atom stereocenters. The maximum Gasteiger partial charge on any atom is 0.170 e. The van der Waals surface area contributed by atoms with Gasteiger partial charge < -0.3 is 14.2 Å². The summed E-state index contributed by atoms with van der Waals surface area (Å²) in [5, 5.41) is 0. The minimum Gasteiger partial charge on any atom is -0.377 e. The van der Waals surface area contributed by atoms with E-state index >= 15 is 0 Å². The summed E-state index contributed by atoms with van der Waals surface area (Å²) >= 11 is 0. The fourth-order valence-electron chi connectivity index (χ4n) is 8.77. The molecule has 4 aliphatic carbocycles. The van der Waals surface area contributed by atoms with Crippen LogP contribution >= 0.6 is 0 Å². The van der Waals surface area contributed by atoms with Crippen LogP contribution < -0.4 is 0 Å². The lowest BCUT2D eigenvalue weighted by Crippen LogP contribution is -2.73. The molecule has 2 heterocycles. The number of hydrogen-bond donors (Lipinski definition) is 0. The lowest BCUT2D eigenvalue weighted by molar-refractivity contribution is -0.379. The molecular weight excluding hydrogens is 340 g/mol. The summed E-state index contributed by atoms with van der Waals surface area (Å²) in [6, 6.07) is 0. The highest BCUT2D eigenvalue weighted by molar-refractivity contribution is 6.05. The molecule has 0 aromatic carbocycles. The first-order valence-electron chi connectivity index (χ1n) is 10.8. The minimum absolute atomic E-state index is 0.0782. The normalized spacial score (nSPS) is 56.6. The number of rotatable bonds is 0. The van der Waals surface area contributed by atoms with Crippen LogP contribution in [0.4, 0.5) is 0 Å². The van der Waals surface area contributed by atoms with Crippen LogP contribution in [-0.4, -0.2) is 36.5 Å². The first-order chi connectivity index (χ1) is 12.6. The summed E-state index contributed by atoms with van der Waals surface area (Å²) in [7, 11) is 0. The molecule has 148 valence electrons. The zero-order chi connectivity index (χ0) is 19.0. The number of ether oxygens (including phenoxy) is 3. The van der Waals surface area contributed by atoms with Gasteiger partial charge in [-0.25, -0.2) is 0 Å². The summed E-state index contributed by atoms with van der Waals surface area (Å²) in [6.45, 7) is 13.9. The van der Waals surface area contributed by atoms with Crippen LogP contribution in [0, 0.1) is 34.0 Å². The Balaban J connectivity index is 1.60. The predicted octanol–water partition coefficient (Wildman–Crippen LogP) is 3.88. The smallest absolute Gasteiger partial charge is 0.170 e. The average molecular weight is 373 g/mol. The van der Waals surface area contributed by atoms with E-state index in [2.05, 4.69) is 20.4 Å². The van der Waals surface area contributed by atoms with Gasteiger partial charge in [0, 0.05) is 17.3 Å². The van der Waals surface area contributed by atoms with Crippen molar-refractivity contribution < 1.29 is 19.0 Å². The molecule has 4 heteroatoms. The van der Waals surface area contributed by atoms with Crippen molar-refractivity contribution in [2.45, 2.75) is 83.9 Å². The Labute approximate surface area is 162 Å². The van der Waals surface area contributed by atoms with Gasteiger partial charge in [-0.2, -0.15) is 0 Å². The molecule has 0 aromatic rings. The molecular formula is C23H32O4. The topological polar surface area (TPSA) is 44.8 Å². The summed E-state index contributed by atoms with van der Waals surface area (Å²) in [5.41, 5.74) is 0.559. The number of Topliss-reactive ketones (excluding diaryl/α,β-unsaturated/α-hetero) is 1. The second-order valence-electron chi connectivity index (χ2n) is 11.4. The molecule has 2 aliphatic heterocycles. The van der Waals surface area contributed by atoms with Gasteiger partial charge in [0.1, 0.15) is 0 Å². The Hall–Kier alpha value is -0.710. The van der Waals surface area contributed by atoms with Gasteiger partial charge in [-0.05, 0) is 56.4 Å². The third kappa shape index (κ3) is 1.72. The number of carbonyl (C=O) groups is 1. The van der Waals surface area contributed by atoms with Crippen molar-refractivity contribution in [1.82, 2.24) is 0 Å². The molecule has 2 bridgehead atoms. The standard InChI is InChI=1S/C23H32O4/c1-12-13-9-14-17-22(11-25-14)8-6-7-20(2,3)15(22)10-16-23(17,18(12)24)19(13)27-21(4,5)26-16/h13-17,19H,1,6-11H2,2-5H3/t13-,14+,15+,16+,17-,19+,22-,23+/m0/s1. The van der Waals surface area contributed by atoms with Crippen molar-refractivity contribution in [3.8, 4) is 0 Å². The minimum atomic E-state index is -0.646. The molecule has 6 aliphatic rings. The molecule has 6 fully saturated rings. The van der Waals surface area contributed by atoms with Gasteiger partial charge in [0.05, 0.1) is 30.3 Å². The highest BCUT2D eigenvalue weighted by Gasteiger charge is 2.81. The van der Waals surface area contributed by atoms with Gasteiger partial charge in [0.15, 0.2) is 11.6 Å².